The second kappa shape index (κ2) is 6.34. The van der Waals surface area contributed by atoms with Gasteiger partial charge in [0.2, 0.25) is 0 Å². The van der Waals surface area contributed by atoms with Crippen LogP contribution in [0.25, 0.3) is 11.4 Å². The number of rotatable bonds is 4. The molecule has 0 aliphatic carbocycles. The first-order chi connectivity index (χ1) is 10.3. The summed E-state index contributed by atoms with van der Waals surface area (Å²) < 4.78 is 0. The van der Waals surface area contributed by atoms with Gasteiger partial charge < -0.3 is 5.43 Å². The van der Waals surface area contributed by atoms with Crippen LogP contribution in [0.3, 0.4) is 0 Å². The molecule has 0 fully saturated rings. The molecule has 2 aromatic heterocycles. The Labute approximate surface area is 126 Å². The number of hydrogen-bond acceptors (Lipinski definition) is 6. The number of benzene rings is 1. The number of nitrogens with one attached hydrogen (secondary N) is 1. The average molecular weight is 295 g/mol. The van der Waals surface area contributed by atoms with E-state index in [-0.39, 0.29) is 0 Å². The highest BCUT2D eigenvalue weighted by atomic mass is 32.2. The zero-order chi connectivity index (χ0) is 14.5. The topological polar surface area (TPSA) is 76.7 Å². The number of anilines is 1. The molecule has 3 aromatic rings. The number of aromatic nitrogens is 3. The minimum absolute atomic E-state index is 0.584. The highest BCUT2D eigenvalue weighted by molar-refractivity contribution is 7.99. The Bertz CT molecular complexity index is 719. The van der Waals surface area contributed by atoms with E-state index in [2.05, 4.69) is 20.4 Å². The van der Waals surface area contributed by atoms with Crippen molar-refractivity contribution in [2.24, 2.45) is 5.84 Å². The SMILES string of the molecule is NNc1cc(Sc2ccncc2)nc(-c2ccccc2)n1. The van der Waals surface area contributed by atoms with Gasteiger partial charge in [0, 0.05) is 28.9 Å². The standard InChI is InChI=1S/C15H13N5S/c16-20-13-10-14(21-12-6-8-17-9-7-12)19-15(18-13)11-4-2-1-3-5-11/h1-10H,16H2,(H,18,19,20). The van der Waals surface area contributed by atoms with Crippen LogP contribution < -0.4 is 11.3 Å². The van der Waals surface area contributed by atoms with Gasteiger partial charge in [-0.2, -0.15) is 0 Å². The summed E-state index contributed by atoms with van der Waals surface area (Å²) in [5.74, 6) is 6.72. The molecule has 5 nitrogen and oxygen atoms in total. The van der Waals surface area contributed by atoms with Gasteiger partial charge in [0.05, 0.1) is 0 Å². The maximum Gasteiger partial charge on any atom is 0.162 e. The van der Waals surface area contributed by atoms with Crippen LogP contribution in [-0.2, 0) is 0 Å². The van der Waals surface area contributed by atoms with Gasteiger partial charge in [-0.05, 0) is 12.1 Å². The molecule has 0 spiro atoms. The lowest BCUT2D eigenvalue weighted by atomic mass is 10.2. The molecule has 0 amide bonds. The van der Waals surface area contributed by atoms with Gasteiger partial charge in [0.1, 0.15) is 10.8 Å². The molecule has 0 saturated heterocycles. The number of nitrogens with two attached hydrogens (primary N) is 1. The molecule has 3 N–H and O–H groups in total. The van der Waals surface area contributed by atoms with E-state index in [1.54, 1.807) is 12.4 Å². The first kappa shape index (κ1) is 13.5. The van der Waals surface area contributed by atoms with Crippen molar-refractivity contribution in [3.8, 4) is 11.4 Å². The molecule has 0 atom stereocenters. The number of pyridine rings is 1. The van der Waals surface area contributed by atoms with Gasteiger partial charge in [0.15, 0.2) is 5.82 Å². The van der Waals surface area contributed by atoms with Gasteiger partial charge in [-0.25, -0.2) is 15.8 Å². The lowest BCUT2D eigenvalue weighted by Crippen LogP contribution is -2.09. The highest BCUT2D eigenvalue weighted by Gasteiger charge is 2.07. The van der Waals surface area contributed by atoms with Crippen molar-refractivity contribution in [2.45, 2.75) is 9.92 Å². The molecule has 104 valence electrons. The van der Waals surface area contributed by atoms with E-state index >= 15 is 0 Å². The van der Waals surface area contributed by atoms with Gasteiger partial charge in [-0.3, -0.25) is 4.98 Å². The Kier molecular flexibility index (Phi) is 4.09. The highest BCUT2D eigenvalue weighted by Crippen LogP contribution is 2.28. The Morgan fingerprint density at radius 1 is 0.952 bits per heavy atom. The van der Waals surface area contributed by atoms with Crippen molar-refractivity contribution in [1.82, 2.24) is 15.0 Å². The normalized spacial score (nSPS) is 10.3. The quantitative estimate of drug-likeness (QED) is 0.438. The van der Waals surface area contributed by atoms with Crippen molar-refractivity contribution in [1.29, 1.82) is 0 Å². The van der Waals surface area contributed by atoms with E-state index in [9.17, 15) is 0 Å². The molecule has 0 unspecified atom stereocenters. The van der Waals surface area contributed by atoms with Crippen LogP contribution in [0, 0.1) is 0 Å². The smallest absolute Gasteiger partial charge is 0.162 e. The zero-order valence-electron chi connectivity index (χ0n) is 11.1. The Hall–Kier alpha value is -2.44. The predicted octanol–water partition coefficient (Wildman–Crippen LogP) is 2.98. The summed E-state index contributed by atoms with van der Waals surface area (Å²) in [5, 5.41) is 0.822. The average Bonchev–Trinajstić information content (AvgIpc) is 2.56. The monoisotopic (exact) mass is 295 g/mol. The molecule has 0 radical (unpaired) electrons. The molecular formula is C15H13N5S. The number of nitrogens with zero attached hydrogens (tertiary/aromatic N) is 3. The Balaban J connectivity index is 1.98. The molecule has 21 heavy (non-hydrogen) atoms. The van der Waals surface area contributed by atoms with Crippen LogP contribution in [0.15, 0.2) is 70.8 Å². The summed E-state index contributed by atoms with van der Waals surface area (Å²) in [6.45, 7) is 0. The van der Waals surface area contributed by atoms with Crippen LogP contribution in [-0.4, -0.2) is 15.0 Å². The van der Waals surface area contributed by atoms with E-state index in [1.165, 1.54) is 11.8 Å². The van der Waals surface area contributed by atoms with Crippen LogP contribution in [0.2, 0.25) is 0 Å². The maximum absolute atomic E-state index is 5.50. The third-order valence-electron chi connectivity index (χ3n) is 2.75. The fourth-order valence-corrected chi connectivity index (χ4v) is 2.60. The van der Waals surface area contributed by atoms with E-state index in [1.807, 2.05) is 48.5 Å². The molecule has 0 saturated carbocycles. The number of hydrogen-bond donors (Lipinski definition) is 2. The summed E-state index contributed by atoms with van der Waals surface area (Å²) in [6.07, 6.45) is 3.51. The van der Waals surface area contributed by atoms with Gasteiger partial charge in [-0.15, -0.1) is 0 Å². The van der Waals surface area contributed by atoms with Gasteiger partial charge in [0.25, 0.3) is 0 Å². The largest absolute Gasteiger partial charge is 0.308 e. The van der Waals surface area contributed by atoms with Crippen LogP contribution in [0.4, 0.5) is 5.82 Å². The lowest BCUT2D eigenvalue weighted by molar-refractivity contribution is 1.05. The van der Waals surface area contributed by atoms with Crippen molar-refractivity contribution in [2.75, 3.05) is 5.43 Å². The minimum Gasteiger partial charge on any atom is -0.308 e. The summed E-state index contributed by atoms with van der Waals surface area (Å²) in [4.78, 5) is 14.0. The van der Waals surface area contributed by atoms with E-state index in [0.717, 1.165) is 15.5 Å². The number of hydrazine groups is 1. The predicted molar refractivity (Wildman–Crippen MR) is 83.6 cm³/mol. The second-order valence-electron chi connectivity index (χ2n) is 4.21. The summed E-state index contributed by atoms with van der Waals surface area (Å²) >= 11 is 1.54. The van der Waals surface area contributed by atoms with Crippen molar-refractivity contribution in [3.63, 3.8) is 0 Å². The third-order valence-corrected chi connectivity index (χ3v) is 3.68. The van der Waals surface area contributed by atoms with E-state index in [0.29, 0.717) is 11.6 Å². The first-order valence-electron chi connectivity index (χ1n) is 6.34. The minimum atomic E-state index is 0.584. The third kappa shape index (κ3) is 3.36. The first-order valence-corrected chi connectivity index (χ1v) is 7.16. The van der Waals surface area contributed by atoms with Crippen LogP contribution in [0.1, 0.15) is 0 Å². The van der Waals surface area contributed by atoms with Crippen LogP contribution in [0.5, 0.6) is 0 Å². The van der Waals surface area contributed by atoms with Crippen molar-refractivity contribution >= 4 is 17.6 Å². The fraction of sp³-hybridized carbons (Fsp3) is 0. The van der Waals surface area contributed by atoms with Gasteiger partial charge >= 0.3 is 0 Å². The fourth-order valence-electron chi connectivity index (χ4n) is 1.79. The maximum atomic E-state index is 5.50. The van der Waals surface area contributed by atoms with Crippen molar-refractivity contribution in [3.05, 3.63) is 60.9 Å². The molecule has 0 bridgehead atoms. The molecule has 2 heterocycles. The molecule has 1 aromatic carbocycles. The summed E-state index contributed by atoms with van der Waals surface area (Å²) in [5.41, 5.74) is 3.54. The number of nitrogen functional groups attached to an aromatic ring is 1. The van der Waals surface area contributed by atoms with Crippen LogP contribution >= 0.6 is 11.8 Å². The van der Waals surface area contributed by atoms with Gasteiger partial charge in [-0.1, -0.05) is 42.1 Å². The lowest BCUT2D eigenvalue weighted by Gasteiger charge is -2.07. The van der Waals surface area contributed by atoms with E-state index < -0.39 is 0 Å². The molecule has 6 heteroatoms. The Morgan fingerprint density at radius 3 is 2.43 bits per heavy atom. The molecular weight excluding hydrogens is 282 g/mol. The zero-order valence-corrected chi connectivity index (χ0v) is 11.9. The summed E-state index contributed by atoms with van der Waals surface area (Å²) in [6, 6.07) is 15.5. The Morgan fingerprint density at radius 2 is 1.71 bits per heavy atom. The second-order valence-corrected chi connectivity index (χ2v) is 5.30. The summed E-state index contributed by atoms with van der Waals surface area (Å²) in [7, 11) is 0. The van der Waals surface area contributed by atoms with Crippen molar-refractivity contribution < 1.29 is 0 Å². The molecule has 0 aliphatic rings. The molecule has 3 rings (SSSR count). The van der Waals surface area contributed by atoms with E-state index in [4.69, 9.17) is 5.84 Å². The molecule has 0 aliphatic heterocycles.